The van der Waals surface area contributed by atoms with E-state index in [0.717, 1.165) is 63.5 Å². The molecule has 2 N–H and O–H groups in total. The summed E-state index contributed by atoms with van der Waals surface area (Å²) >= 11 is 6.63. The van der Waals surface area contributed by atoms with E-state index in [1.807, 2.05) is 18.5 Å². The molecule has 3 aromatic rings. The van der Waals surface area contributed by atoms with Crippen LogP contribution in [0.2, 0.25) is 5.02 Å². The van der Waals surface area contributed by atoms with Crippen LogP contribution in [0.25, 0.3) is 0 Å². The Morgan fingerprint density at radius 3 is 1.83 bits per heavy atom. The zero-order valence-electron chi connectivity index (χ0n) is 16.3. The van der Waals surface area contributed by atoms with Gasteiger partial charge in [-0.05, 0) is 37.8 Å². The lowest BCUT2D eigenvalue weighted by molar-refractivity contribution is 0.488. The molecule has 29 heavy (non-hydrogen) atoms. The number of aromatic amines is 2. The van der Waals surface area contributed by atoms with E-state index in [1.165, 1.54) is 11.4 Å². The fourth-order valence-electron chi connectivity index (χ4n) is 4.53. The topological polar surface area (TPSA) is 89.6 Å². The number of halogens is 1. The first-order valence-corrected chi connectivity index (χ1v) is 10.7. The van der Waals surface area contributed by atoms with Crippen LogP contribution in [-0.2, 0) is 0 Å². The van der Waals surface area contributed by atoms with Crippen LogP contribution in [0.1, 0.15) is 48.9 Å². The van der Waals surface area contributed by atoms with Crippen molar-refractivity contribution in [3.8, 4) is 0 Å². The quantitative estimate of drug-likeness (QED) is 0.683. The highest BCUT2D eigenvalue weighted by atomic mass is 35.5. The highest BCUT2D eigenvalue weighted by Crippen LogP contribution is 2.34. The molecule has 8 nitrogen and oxygen atoms in total. The first kappa shape index (κ1) is 18.4. The maximum absolute atomic E-state index is 6.63. The summed E-state index contributed by atoms with van der Waals surface area (Å²) in [4.78, 5) is 4.52. The molecule has 2 saturated heterocycles. The minimum atomic E-state index is 0.524. The van der Waals surface area contributed by atoms with Crippen LogP contribution in [0, 0.1) is 0 Å². The molecule has 0 amide bonds. The lowest BCUT2D eigenvalue weighted by atomic mass is 9.93. The fraction of sp³-hybridized carbons (Fsp3) is 0.500. The summed E-state index contributed by atoms with van der Waals surface area (Å²) in [6, 6.07) is 6.11. The standard InChI is InChI=1S/C20H25ClN8/c21-16-13-19(28-9-3-14(4-10-28)17-1-7-22-24-17)26-27-20(16)29-11-5-15(6-12-29)18-2-8-23-25-18/h1-2,7-8,13-15H,3-6,9-12H2,(H,22,24)(H,23,25). The van der Waals surface area contributed by atoms with E-state index in [2.05, 4.69) is 52.5 Å². The van der Waals surface area contributed by atoms with Gasteiger partial charge in [0.1, 0.15) is 0 Å². The van der Waals surface area contributed by atoms with Crippen LogP contribution < -0.4 is 9.80 Å². The van der Waals surface area contributed by atoms with Gasteiger partial charge in [-0.25, -0.2) is 0 Å². The third kappa shape index (κ3) is 3.81. The third-order valence-electron chi connectivity index (χ3n) is 6.25. The van der Waals surface area contributed by atoms with Gasteiger partial charge in [0.05, 0.1) is 5.02 Å². The van der Waals surface area contributed by atoms with E-state index in [1.54, 1.807) is 0 Å². The van der Waals surface area contributed by atoms with Crippen LogP contribution in [0.15, 0.2) is 30.6 Å². The van der Waals surface area contributed by atoms with Gasteiger partial charge in [0, 0.05) is 67.9 Å². The molecule has 2 aliphatic rings. The van der Waals surface area contributed by atoms with Gasteiger partial charge < -0.3 is 9.80 Å². The SMILES string of the molecule is Clc1cc(N2CCC(c3ccn[nH]3)CC2)nnc1N1CCC(c2ccn[nH]2)CC1. The molecule has 0 atom stereocenters. The van der Waals surface area contributed by atoms with Crippen molar-refractivity contribution in [2.75, 3.05) is 36.0 Å². The van der Waals surface area contributed by atoms with Gasteiger partial charge in [-0.2, -0.15) is 10.2 Å². The Hall–Kier alpha value is -2.61. The monoisotopic (exact) mass is 412 g/mol. The summed E-state index contributed by atoms with van der Waals surface area (Å²) in [7, 11) is 0. The Morgan fingerprint density at radius 1 is 0.793 bits per heavy atom. The average molecular weight is 413 g/mol. The predicted molar refractivity (Wildman–Crippen MR) is 113 cm³/mol. The molecule has 0 aromatic carbocycles. The third-order valence-corrected chi connectivity index (χ3v) is 6.53. The van der Waals surface area contributed by atoms with Crippen LogP contribution in [-0.4, -0.2) is 56.8 Å². The summed E-state index contributed by atoms with van der Waals surface area (Å²) < 4.78 is 0. The molecule has 5 heterocycles. The molecule has 9 heteroatoms. The van der Waals surface area contributed by atoms with Gasteiger partial charge in [-0.15, -0.1) is 10.2 Å². The van der Waals surface area contributed by atoms with Gasteiger partial charge in [0.15, 0.2) is 11.6 Å². The number of H-pyrrole nitrogens is 2. The van der Waals surface area contributed by atoms with Crippen molar-refractivity contribution in [3.63, 3.8) is 0 Å². The van der Waals surface area contributed by atoms with Crippen LogP contribution in [0.3, 0.4) is 0 Å². The molecule has 152 valence electrons. The summed E-state index contributed by atoms with van der Waals surface area (Å²) in [6.07, 6.45) is 7.91. The average Bonchev–Trinajstić information content (AvgIpc) is 3.48. The van der Waals surface area contributed by atoms with Crippen molar-refractivity contribution in [3.05, 3.63) is 47.0 Å². The second-order valence-corrected chi connectivity index (χ2v) is 8.33. The molecule has 0 aliphatic carbocycles. The number of rotatable bonds is 4. The minimum Gasteiger partial charge on any atom is -0.355 e. The highest BCUT2D eigenvalue weighted by Gasteiger charge is 2.26. The van der Waals surface area contributed by atoms with Crippen molar-refractivity contribution in [1.82, 2.24) is 30.6 Å². The van der Waals surface area contributed by atoms with Gasteiger partial charge >= 0.3 is 0 Å². The van der Waals surface area contributed by atoms with E-state index in [-0.39, 0.29) is 0 Å². The van der Waals surface area contributed by atoms with E-state index < -0.39 is 0 Å². The molecule has 2 fully saturated rings. The van der Waals surface area contributed by atoms with E-state index in [4.69, 9.17) is 11.6 Å². The number of nitrogens with zero attached hydrogens (tertiary/aromatic N) is 6. The number of piperidine rings is 2. The lowest BCUT2D eigenvalue weighted by Crippen LogP contribution is -2.35. The van der Waals surface area contributed by atoms with Crippen LogP contribution in [0.5, 0.6) is 0 Å². The Bertz CT molecular complexity index is 910. The molecule has 0 spiro atoms. The van der Waals surface area contributed by atoms with Crippen molar-refractivity contribution < 1.29 is 0 Å². The minimum absolute atomic E-state index is 0.524. The second-order valence-electron chi connectivity index (χ2n) is 7.92. The van der Waals surface area contributed by atoms with E-state index >= 15 is 0 Å². The Kier molecular flexibility index (Phi) is 5.10. The van der Waals surface area contributed by atoms with Crippen molar-refractivity contribution >= 4 is 23.2 Å². The molecule has 0 bridgehead atoms. The number of hydrogen-bond acceptors (Lipinski definition) is 6. The van der Waals surface area contributed by atoms with Gasteiger partial charge in [-0.3, -0.25) is 10.2 Å². The van der Waals surface area contributed by atoms with Gasteiger partial charge in [0.2, 0.25) is 0 Å². The summed E-state index contributed by atoms with van der Waals surface area (Å²) in [6.45, 7) is 3.74. The summed E-state index contributed by atoms with van der Waals surface area (Å²) in [5.74, 6) is 2.73. The van der Waals surface area contributed by atoms with Gasteiger partial charge in [-0.1, -0.05) is 11.6 Å². The van der Waals surface area contributed by atoms with E-state index in [0.29, 0.717) is 16.9 Å². The fourth-order valence-corrected chi connectivity index (χ4v) is 4.79. The van der Waals surface area contributed by atoms with Crippen molar-refractivity contribution in [2.24, 2.45) is 0 Å². The lowest BCUT2D eigenvalue weighted by Gasteiger charge is -2.34. The maximum atomic E-state index is 6.63. The number of aromatic nitrogens is 6. The smallest absolute Gasteiger partial charge is 0.170 e. The molecular formula is C20H25ClN8. The molecule has 5 rings (SSSR count). The molecular weight excluding hydrogens is 388 g/mol. The predicted octanol–water partition coefficient (Wildman–Crippen LogP) is 3.34. The number of anilines is 2. The molecule has 0 saturated carbocycles. The molecule has 0 radical (unpaired) electrons. The maximum Gasteiger partial charge on any atom is 0.170 e. The first-order valence-electron chi connectivity index (χ1n) is 10.3. The van der Waals surface area contributed by atoms with Gasteiger partial charge in [0.25, 0.3) is 0 Å². The second kappa shape index (κ2) is 8.02. The Balaban J connectivity index is 1.21. The van der Waals surface area contributed by atoms with Crippen LogP contribution in [0.4, 0.5) is 11.6 Å². The highest BCUT2D eigenvalue weighted by molar-refractivity contribution is 6.33. The molecule has 3 aromatic heterocycles. The zero-order chi connectivity index (χ0) is 19.6. The Morgan fingerprint density at radius 2 is 1.34 bits per heavy atom. The summed E-state index contributed by atoms with van der Waals surface area (Å²) in [5, 5.41) is 24.0. The van der Waals surface area contributed by atoms with E-state index in [9.17, 15) is 0 Å². The number of hydrogen-bond donors (Lipinski definition) is 2. The zero-order valence-corrected chi connectivity index (χ0v) is 17.0. The normalized spacial score (nSPS) is 19.1. The van der Waals surface area contributed by atoms with Crippen molar-refractivity contribution in [1.29, 1.82) is 0 Å². The molecule has 0 unspecified atom stereocenters. The van der Waals surface area contributed by atoms with Crippen LogP contribution >= 0.6 is 11.6 Å². The number of nitrogens with one attached hydrogen (secondary N) is 2. The molecule has 2 aliphatic heterocycles. The van der Waals surface area contributed by atoms with Crippen molar-refractivity contribution in [2.45, 2.75) is 37.5 Å². The Labute approximate surface area is 174 Å². The summed E-state index contributed by atoms with van der Waals surface area (Å²) in [5.41, 5.74) is 2.44. The first-order chi connectivity index (χ1) is 14.3. The largest absolute Gasteiger partial charge is 0.355 e.